The first-order chi connectivity index (χ1) is 7.70. The zero-order valence-corrected chi connectivity index (χ0v) is 10.3. The van der Waals surface area contributed by atoms with E-state index in [1.807, 2.05) is 12.4 Å². The van der Waals surface area contributed by atoms with Gasteiger partial charge in [-0.25, -0.2) is 0 Å². The normalized spacial score (nSPS) is 30.3. The van der Waals surface area contributed by atoms with Gasteiger partial charge in [0.05, 0.1) is 0 Å². The number of hydrogen-bond acceptors (Lipinski definition) is 2. The molecule has 0 amide bonds. The van der Waals surface area contributed by atoms with E-state index in [4.69, 9.17) is 5.73 Å². The van der Waals surface area contributed by atoms with Gasteiger partial charge in [-0.15, -0.1) is 0 Å². The summed E-state index contributed by atoms with van der Waals surface area (Å²) in [5, 5.41) is 0. The van der Waals surface area contributed by atoms with Gasteiger partial charge in [-0.05, 0) is 55.2 Å². The van der Waals surface area contributed by atoms with Gasteiger partial charge in [0.1, 0.15) is 0 Å². The molecule has 0 radical (unpaired) electrons. The third-order valence-electron chi connectivity index (χ3n) is 3.88. The highest BCUT2D eigenvalue weighted by atomic mass is 14.6. The Bertz CT molecular complexity index is 348. The molecule has 0 bridgehead atoms. The second-order valence-corrected chi connectivity index (χ2v) is 5.32. The Morgan fingerprint density at radius 3 is 2.88 bits per heavy atom. The molecule has 2 N–H and O–H groups in total. The minimum atomic E-state index is 0.626. The average molecular weight is 218 g/mol. The number of nitrogens with zero attached hydrogens (tertiary/aromatic N) is 1. The molecule has 1 saturated carbocycles. The van der Waals surface area contributed by atoms with Crippen molar-refractivity contribution in [3.8, 4) is 0 Å². The predicted octanol–water partition coefficient (Wildman–Crippen LogP) is 2.87. The lowest BCUT2D eigenvalue weighted by Crippen LogP contribution is -2.28. The van der Waals surface area contributed by atoms with E-state index in [0.29, 0.717) is 11.8 Å². The van der Waals surface area contributed by atoms with E-state index in [2.05, 4.69) is 24.9 Å². The number of rotatable bonds is 2. The zero-order valence-electron chi connectivity index (χ0n) is 10.3. The van der Waals surface area contributed by atoms with Crippen LogP contribution in [-0.2, 0) is 0 Å². The van der Waals surface area contributed by atoms with Crippen LogP contribution in [0.5, 0.6) is 0 Å². The Kier molecular flexibility index (Phi) is 3.59. The number of aromatic nitrogens is 1. The molecule has 3 unspecified atom stereocenters. The van der Waals surface area contributed by atoms with Gasteiger partial charge in [-0.3, -0.25) is 4.98 Å². The maximum atomic E-state index is 5.89. The first-order valence-corrected chi connectivity index (χ1v) is 6.32. The molecule has 2 nitrogen and oxygen atoms in total. The SMILES string of the molecule is Cc1cncc(C2CC(C)CCC2CN)c1. The summed E-state index contributed by atoms with van der Waals surface area (Å²) in [5.41, 5.74) is 8.54. The van der Waals surface area contributed by atoms with E-state index in [9.17, 15) is 0 Å². The van der Waals surface area contributed by atoms with Gasteiger partial charge in [-0.2, -0.15) is 0 Å². The van der Waals surface area contributed by atoms with Crippen LogP contribution in [0.25, 0.3) is 0 Å². The molecule has 0 saturated heterocycles. The molecule has 1 aromatic heterocycles. The highest BCUT2D eigenvalue weighted by molar-refractivity contribution is 5.22. The van der Waals surface area contributed by atoms with E-state index >= 15 is 0 Å². The molecule has 3 atom stereocenters. The predicted molar refractivity (Wildman–Crippen MR) is 67.3 cm³/mol. The van der Waals surface area contributed by atoms with Gasteiger partial charge >= 0.3 is 0 Å². The monoisotopic (exact) mass is 218 g/mol. The molecule has 0 aliphatic heterocycles. The van der Waals surface area contributed by atoms with Crippen molar-refractivity contribution in [3.05, 3.63) is 29.6 Å². The van der Waals surface area contributed by atoms with Crippen LogP contribution in [0.2, 0.25) is 0 Å². The van der Waals surface area contributed by atoms with Gasteiger partial charge in [0.25, 0.3) is 0 Å². The summed E-state index contributed by atoms with van der Waals surface area (Å²) in [6.45, 7) is 5.27. The van der Waals surface area contributed by atoms with Crippen molar-refractivity contribution in [1.29, 1.82) is 0 Å². The first kappa shape index (κ1) is 11.6. The minimum Gasteiger partial charge on any atom is -0.330 e. The largest absolute Gasteiger partial charge is 0.330 e. The molecule has 0 spiro atoms. The van der Waals surface area contributed by atoms with E-state index in [1.165, 1.54) is 30.4 Å². The number of aryl methyl sites for hydroxylation is 1. The second-order valence-electron chi connectivity index (χ2n) is 5.32. The van der Waals surface area contributed by atoms with E-state index < -0.39 is 0 Å². The molecule has 2 rings (SSSR count). The third kappa shape index (κ3) is 2.43. The van der Waals surface area contributed by atoms with Crippen molar-refractivity contribution in [1.82, 2.24) is 4.98 Å². The molecular formula is C14H22N2. The standard InChI is InChI=1S/C14H22N2/c1-10-3-4-12(7-15)14(6-10)13-5-11(2)8-16-9-13/h5,8-10,12,14H,3-4,6-7,15H2,1-2H3. The quantitative estimate of drug-likeness (QED) is 0.829. The van der Waals surface area contributed by atoms with E-state index in [-0.39, 0.29) is 0 Å². The fourth-order valence-corrected chi connectivity index (χ4v) is 2.92. The van der Waals surface area contributed by atoms with Crippen molar-refractivity contribution in [2.45, 2.75) is 39.0 Å². The third-order valence-corrected chi connectivity index (χ3v) is 3.88. The molecule has 1 heterocycles. The molecule has 88 valence electrons. The molecule has 1 aliphatic rings. The van der Waals surface area contributed by atoms with Gasteiger partial charge in [0.15, 0.2) is 0 Å². The van der Waals surface area contributed by atoms with Crippen molar-refractivity contribution in [2.75, 3.05) is 6.54 Å². The smallest absolute Gasteiger partial charge is 0.0303 e. The molecule has 0 aromatic carbocycles. The second kappa shape index (κ2) is 4.96. The Morgan fingerprint density at radius 1 is 1.38 bits per heavy atom. The number of pyridine rings is 1. The summed E-state index contributed by atoms with van der Waals surface area (Å²) in [7, 11) is 0. The maximum Gasteiger partial charge on any atom is 0.0303 e. The zero-order chi connectivity index (χ0) is 11.5. The lowest BCUT2D eigenvalue weighted by atomic mass is 9.72. The van der Waals surface area contributed by atoms with Gasteiger partial charge in [0.2, 0.25) is 0 Å². The van der Waals surface area contributed by atoms with Crippen LogP contribution < -0.4 is 5.73 Å². The summed E-state index contributed by atoms with van der Waals surface area (Å²) >= 11 is 0. The highest BCUT2D eigenvalue weighted by Gasteiger charge is 2.28. The Labute approximate surface area is 98.3 Å². The van der Waals surface area contributed by atoms with Crippen molar-refractivity contribution in [2.24, 2.45) is 17.6 Å². The molecule has 1 aliphatic carbocycles. The van der Waals surface area contributed by atoms with Gasteiger partial charge < -0.3 is 5.73 Å². The highest BCUT2D eigenvalue weighted by Crippen LogP contribution is 2.39. The molecule has 16 heavy (non-hydrogen) atoms. The number of hydrogen-bond donors (Lipinski definition) is 1. The molecule has 1 aromatic rings. The van der Waals surface area contributed by atoms with Crippen LogP contribution >= 0.6 is 0 Å². The summed E-state index contributed by atoms with van der Waals surface area (Å²) in [6.07, 6.45) is 7.83. The number of nitrogens with two attached hydrogens (primary N) is 1. The van der Waals surface area contributed by atoms with Crippen LogP contribution in [0.15, 0.2) is 18.5 Å². The molecule has 2 heteroatoms. The molecular weight excluding hydrogens is 196 g/mol. The van der Waals surface area contributed by atoms with Crippen LogP contribution in [0, 0.1) is 18.8 Å². The van der Waals surface area contributed by atoms with E-state index in [0.717, 1.165) is 12.5 Å². The maximum absolute atomic E-state index is 5.89. The van der Waals surface area contributed by atoms with Gasteiger partial charge in [-0.1, -0.05) is 19.4 Å². The first-order valence-electron chi connectivity index (χ1n) is 6.32. The Morgan fingerprint density at radius 2 is 2.19 bits per heavy atom. The van der Waals surface area contributed by atoms with E-state index in [1.54, 1.807) is 0 Å². The summed E-state index contributed by atoms with van der Waals surface area (Å²) < 4.78 is 0. The van der Waals surface area contributed by atoms with Crippen molar-refractivity contribution < 1.29 is 0 Å². The lowest BCUT2D eigenvalue weighted by molar-refractivity contribution is 0.253. The van der Waals surface area contributed by atoms with Crippen LogP contribution in [-0.4, -0.2) is 11.5 Å². The topological polar surface area (TPSA) is 38.9 Å². The summed E-state index contributed by atoms with van der Waals surface area (Å²) in [6, 6.07) is 2.28. The van der Waals surface area contributed by atoms with Crippen LogP contribution in [0.1, 0.15) is 43.2 Å². The Balaban J connectivity index is 2.22. The average Bonchev–Trinajstić information content (AvgIpc) is 2.29. The molecule has 1 fully saturated rings. The van der Waals surface area contributed by atoms with Crippen molar-refractivity contribution in [3.63, 3.8) is 0 Å². The Hall–Kier alpha value is -0.890. The fraction of sp³-hybridized carbons (Fsp3) is 0.643. The van der Waals surface area contributed by atoms with Gasteiger partial charge in [0, 0.05) is 12.4 Å². The lowest BCUT2D eigenvalue weighted by Gasteiger charge is -2.34. The van der Waals surface area contributed by atoms with Crippen LogP contribution in [0.4, 0.5) is 0 Å². The fourth-order valence-electron chi connectivity index (χ4n) is 2.92. The summed E-state index contributed by atoms with van der Waals surface area (Å²) in [5.74, 6) is 2.11. The summed E-state index contributed by atoms with van der Waals surface area (Å²) in [4.78, 5) is 4.31. The van der Waals surface area contributed by atoms with Crippen molar-refractivity contribution >= 4 is 0 Å². The minimum absolute atomic E-state index is 0.626. The van der Waals surface area contributed by atoms with Crippen LogP contribution in [0.3, 0.4) is 0 Å².